The predicted octanol–water partition coefficient (Wildman–Crippen LogP) is 0.928. The molecule has 0 aliphatic carbocycles. The Morgan fingerprint density at radius 1 is 1.53 bits per heavy atom. The zero-order valence-corrected chi connectivity index (χ0v) is 10.8. The van der Waals surface area contributed by atoms with Gasteiger partial charge in [0.15, 0.2) is 5.56 Å². The minimum absolute atomic E-state index is 0.0808. The molecule has 6 nitrogen and oxygen atoms in total. The third-order valence-electron chi connectivity index (χ3n) is 2.93. The van der Waals surface area contributed by atoms with Crippen LogP contribution in [-0.4, -0.2) is 26.4 Å². The van der Waals surface area contributed by atoms with Gasteiger partial charge in [0, 0.05) is 12.2 Å². The predicted molar refractivity (Wildman–Crippen MR) is 70.3 cm³/mol. The molecule has 2 heterocycles. The third kappa shape index (κ3) is 2.42. The zero-order valence-electron chi connectivity index (χ0n) is 10.8. The number of aromatic hydroxyl groups is 1. The highest BCUT2D eigenvalue weighted by molar-refractivity contribution is 5.96. The number of aromatic nitrogens is 2. The lowest BCUT2D eigenvalue weighted by atomic mass is 10.2. The van der Waals surface area contributed by atoms with Gasteiger partial charge in [-0.2, -0.15) is 4.98 Å². The fourth-order valence-corrected chi connectivity index (χ4v) is 1.67. The number of pyridine rings is 1. The van der Waals surface area contributed by atoms with Crippen LogP contribution in [-0.2, 0) is 0 Å². The fraction of sp³-hybridized carbons (Fsp3) is 0.308. The van der Waals surface area contributed by atoms with Crippen molar-refractivity contribution >= 4 is 11.6 Å². The smallest absolute Gasteiger partial charge is 0.274 e. The zero-order chi connectivity index (χ0) is 14.0. The number of fused-ring (bicyclic) bond motifs is 1. The van der Waals surface area contributed by atoms with E-state index in [0.717, 1.165) is 6.42 Å². The highest BCUT2D eigenvalue weighted by atomic mass is 16.3. The van der Waals surface area contributed by atoms with Crippen LogP contribution in [0.4, 0.5) is 0 Å². The average Bonchev–Trinajstić information content (AvgIpc) is 2.38. The molecule has 6 heteroatoms. The van der Waals surface area contributed by atoms with E-state index in [1.165, 1.54) is 10.6 Å². The molecular formula is C13H15N3O3. The van der Waals surface area contributed by atoms with Crippen molar-refractivity contribution in [3.63, 3.8) is 0 Å². The summed E-state index contributed by atoms with van der Waals surface area (Å²) >= 11 is 0. The van der Waals surface area contributed by atoms with Gasteiger partial charge < -0.3 is 10.4 Å². The summed E-state index contributed by atoms with van der Waals surface area (Å²) in [6.45, 7) is 3.73. The number of nitrogens with one attached hydrogen (secondary N) is 1. The van der Waals surface area contributed by atoms with Crippen LogP contribution < -0.4 is 10.9 Å². The van der Waals surface area contributed by atoms with E-state index in [2.05, 4.69) is 10.3 Å². The Bertz CT molecular complexity index is 678. The summed E-state index contributed by atoms with van der Waals surface area (Å²) in [7, 11) is 0. The molecule has 19 heavy (non-hydrogen) atoms. The van der Waals surface area contributed by atoms with Gasteiger partial charge >= 0.3 is 0 Å². The molecule has 1 amide bonds. The molecular weight excluding hydrogens is 246 g/mol. The van der Waals surface area contributed by atoms with Crippen molar-refractivity contribution in [2.45, 2.75) is 26.3 Å². The molecule has 100 valence electrons. The van der Waals surface area contributed by atoms with Crippen molar-refractivity contribution < 1.29 is 9.90 Å². The second-order valence-electron chi connectivity index (χ2n) is 4.33. The van der Waals surface area contributed by atoms with Crippen LogP contribution in [0.15, 0.2) is 29.2 Å². The quantitative estimate of drug-likeness (QED) is 0.860. The fourth-order valence-electron chi connectivity index (χ4n) is 1.67. The summed E-state index contributed by atoms with van der Waals surface area (Å²) < 4.78 is 1.23. The molecule has 2 rings (SSSR count). The van der Waals surface area contributed by atoms with Gasteiger partial charge in [-0.05, 0) is 25.5 Å². The molecule has 0 spiro atoms. The summed E-state index contributed by atoms with van der Waals surface area (Å²) in [6, 6.07) is 4.85. The van der Waals surface area contributed by atoms with Crippen molar-refractivity contribution in [2.75, 3.05) is 0 Å². The minimum Gasteiger partial charge on any atom is -0.493 e. The maximum atomic E-state index is 12.2. The van der Waals surface area contributed by atoms with Crippen molar-refractivity contribution in [1.29, 1.82) is 0 Å². The van der Waals surface area contributed by atoms with Gasteiger partial charge in [0.1, 0.15) is 5.65 Å². The first-order valence-electron chi connectivity index (χ1n) is 6.05. The van der Waals surface area contributed by atoms with Crippen LogP contribution in [0.1, 0.15) is 30.6 Å². The first-order valence-corrected chi connectivity index (χ1v) is 6.05. The summed E-state index contributed by atoms with van der Waals surface area (Å²) in [5.74, 6) is -1.15. The molecule has 0 fully saturated rings. The first kappa shape index (κ1) is 13.1. The van der Waals surface area contributed by atoms with Crippen molar-refractivity contribution in [3.05, 3.63) is 40.3 Å². The molecule has 1 unspecified atom stereocenters. The van der Waals surface area contributed by atoms with Crippen LogP contribution in [0.3, 0.4) is 0 Å². The van der Waals surface area contributed by atoms with Gasteiger partial charge in [0.05, 0.1) is 0 Å². The van der Waals surface area contributed by atoms with Gasteiger partial charge in [-0.3, -0.25) is 14.0 Å². The number of hydrogen-bond acceptors (Lipinski definition) is 4. The van der Waals surface area contributed by atoms with Gasteiger partial charge in [0.2, 0.25) is 5.88 Å². The number of hydrogen-bond donors (Lipinski definition) is 2. The lowest BCUT2D eigenvalue weighted by molar-refractivity contribution is 0.0934. The van der Waals surface area contributed by atoms with E-state index in [1.54, 1.807) is 18.2 Å². The second kappa shape index (κ2) is 5.09. The Morgan fingerprint density at radius 3 is 2.95 bits per heavy atom. The Hall–Kier alpha value is -2.37. The Kier molecular flexibility index (Phi) is 3.50. The van der Waals surface area contributed by atoms with E-state index in [0.29, 0.717) is 5.65 Å². The lowest BCUT2D eigenvalue weighted by Crippen LogP contribution is -2.36. The summed E-state index contributed by atoms with van der Waals surface area (Å²) in [5, 5.41) is 12.4. The second-order valence-corrected chi connectivity index (χ2v) is 4.33. The van der Waals surface area contributed by atoms with E-state index in [4.69, 9.17) is 0 Å². The summed E-state index contributed by atoms with van der Waals surface area (Å²) in [4.78, 5) is 28.0. The normalized spacial score (nSPS) is 12.3. The molecule has 0 bridgehead atoms. The van der Waals surface area contributed by atoms with Gasteiger partial charge in [-0.25, -0.2) is 0 Å². The maximum Gasteiger partial charge on any atom is 0.274 e. The molecule has 0 radical (unpaired) electrons. The van der Waals surface area contributed by atoms with E-state index in [1.807, 2.05) is 13.8 Å². The van der Waals surface area contributed by atoms with E-state index in [-0.39, 0.29) is 11.6 Å². The van der Waals surface area contributed by atoms with Crippen LogP contribution in [0.25, 0.3) is 5.65 Å². The molecule has 2 aromatic heterocycles. The largest absolute Gasteiger partial charge is 0.493 e. The standard InChI is InChI=1S/C13H15N3O3/c1-3-8(2)14-11(17)10-12(18)15-9-6-4-5-7-16(9)13(10)19/h4-8,18H,3H2,1-2H3,(H,14,17). The monoisotopic (exact) mass is 261 g/mol. The molecule has 1 atom stereocenters. The van der Waals surface area contributed by atoms with Crippen molar-refractivity contribution in [2.24, 2.45) is 0 Å². The summed E-state index contributed by atoms with van der Waals surface area (Å²) in [6.07, 6.45) is 2.24. The number of nitrogens with zero attached hydrogens (tertiary/aromatic N) is 2. The first-order chi connectivity index (χ1) is 9.04. The van der Waals surface area contributed by atoms with Crippen LogP contribution >= 0.6 is 0 Å². The SMILES string of the molecule is CCC(C)NC(=O)c1c(O)nc2ccccn2c1=O. The highest BCUT2D eigenvalue weighted by Gasteiger charge is 2.20. The topological polar surface area (TPSA) is 83.7 Å². The van der Waals surface area contributed by atoms with Crippen LogP contribution in [0, 0.1) is 0 Å². The average molecular weight is 261 g/mol. The molecule has 0 aliphatic rings. The van der Waals surface area contributed by atoms with E-state index >= 15 is 0 Å². The van der Waals surface area contributed by atoms with Gasteiger partial charge in [-0.1, -0.05) is 13.0 Å². The number of carbonyl (C=O) groups excluding carboxylic acids is 1. The number of carbonyl (C=O) groups is 1. The van der Waals surface area contributed by atoms with Crippen LogP contribution in [0.5, 0.6) is 5.88 Å². The molecule has 0 saturated carbocycles. The summed E-state index contributed by atoms with van der Waals surface area (Å²) in [5.41, 5.74) is -0.613. The Balaban J connectivity index is 2.55. The maximum absolute atomic E-state index is 12.2. The Morgan fingerprint density at radius 2 is 2.26 bits per heavy atom. The number of amides is 1. The molecule has 0 saturated heterocycles. The van der Waals surface area contributed by atoms with Crippen LogP contribution in [0.2, 0.25) is 0 Å². The molecule has 2 N–H and O–H groups in total. The van der Waals surface area contributed by atoms with Crippen molar-refractivity contribution in [3.8, 4) is 5.88 Å². The number of rotatable bonds is 3. The van der Waals surface area contributed by atoms with Gasteiger partial charge in [-0.15, -0.1) is 0 Å². The minimum atomic E-state index is -0.609. The molecule has 2 aromatic rings. The lowest BCUT2D eigenvalue weighted by Gasteiger charge is -2.12. The van der Waals surface area contributed by atoms with Gasteiger partial charge in [0.25, 0.3) is 11.5 Å². The highest BCUT2D eigenvalue weighted by Crippen LogP contribution is 2.11. The van der Waals surface area contributed by atoms with E-state index < -0.39 is 17.3 Å². The Labute approximate surface area is 109 Å². The molecule has 0 aliphatic heterocycles. The third-order valence-corrected chi connectivity index (χ3v) is 2.93. The van der Waals surface area contributed by atoms with Crippen molar-refractivity contribution in [1.82, 2.24) is 14.7 Å². The van der Waals surface area contributed by atoms with E-state index in [9.17, 15) is 14.7 Å². The molecule has 0 aromatic carbocycles.